The van der Waals surface area contributed by atoms with E-state index in [0.29, 0.717) is 12.8 Å². The maximum Gasteiger partial charge on any atom is 0.322 e. The normalized spacial score (nSPS) is 11.9. The van der Waals surface area contributed by atoms with Gasteiger partial charge in [-0.25, -0.2) is 0 Å². The van der Waals surface area contributed by atoms with Crippen molar-refractivity contribution in [2.75, 3.05) is 11.5 Å². The van der Waals surface area contributed by atoms with Gasteiger partial charge < -0.3 is 8.37 Å². The molecule has 0 aliphatic carbocycles. The molecule has 0 saturated carbocycles. The second-order valence-corrected chi connectivity index (χ2v) is 8.02. The van der Waals surface area contributed by atoms with Crippen LogP contribution in [0.15, 0.2) is 0 Å². The van der Waals surface area contributed by atoms with Crippen molar-refractivity contribution in [3.05, 3.63) is 0 Å². The summed E-state index contributed by atoms with van der Waals surface area (Å²) in [5, 5.41) is 0. The topological polar surface area (TPSA) is 121 Å². The Bertz CT molecular complexity index is 510. The molecule has 0 amide bonds. The number of rotatable bonds is 11. The summed E-state index contributed by atoms with van der Waals surface area (Å²) in [6.45, 7) is 3.28. The van der Waals surface area contributed by atoms with Gasteiger partial charge in [-0.2, -0.15) is 16.8 Å². The molecule has 0 rings (SSSR count). The molecule has 0 aliphatic heterocycles. The summed E-state index contributed by atoms with van der Waals surface area (Å²) in [7, 11) is -7.67. The van der Waals surface area contributed by atoms with Crippen LogP contribution in [0.3, 0.4) is 0 Å². The van der Waals surface area contributed by atoms with Gasteiger partial charge in [0, 0.05) is 12.8 Å². The van der Waals surface area contributed by atoms with Crippen LogP contribution in [0.1, 0.15) is 52.4 Å². The van der Waals surface area contributed by atoms with Crippen molar-refractivity contribution in [2.45, 2.75) is 52.4 Å². The molecule has 0 saturated heterocycles. The summed E-state index contributed by atoms with van der Waals surface area (Å²) >= 11 is 0. The van der Waals surface area contributed by atoms with Gasteiger partial charge in [-0.05, 0) is 25.7 Å². The van der Waals surface area contributed by atoms with Crippen LogP contribution in [0, 0.1) is 0 Å². The predicted octanol–water partition coefficient (Wildman–Crippen LogP) is 1.11. The van der Waals surface area contributed by atoms with Gasteiger partial charge in [-0.15, -0.1) is 0 Å². The molecule has 0 aliphatic rings. The Morgan fingerprint density at radius 1 is 0.727 bits per heavy atom. The largest absolute Gasteiger partial charge is 0.346 e. The summed E-state index contributed by atoms with van der Waals surface area (Å²) in [6, 6.07) is 0. The van der Waals surface area contributed by atoms with Crippen molar-refractivity contribution < 1.29 is 34.8 Å². The highest BCUT2D eigenvalue weighted by Gasteiger charge is 2.17. The third-order valence-electron chi connectivity index (χ3n) is 2.36. The molecule has 10 heteroatoms. The highest BCUT2D eigenvalue weighted by Crippen LogP contribution is 2.07. The van der Waals surface area contributed by atoms with E-state index < -0.39 is 32.2 Å². The SMILES string of the molecule is CCCS(=O)(=O)OC(=O)CCCCC(=O)OS(=O)(=O)CCC. The quantitative estimate of drug-likeness (QED) is 0.398. The van der Waals surface area contributed by atoms with E-state index in [1.807, 2.05) is 0 Å². The molecule has 0 bridgehead atoms. The van der Waals surface area contributed by atoms with Crippen molar-refractivity contribution in [3.63, 3.8) is 0 Å². The van der Waals surface area contributed by atoms with Crippen LogP contribution in [0.5, 0.6) is 0 Å². The van der Waals surface area contributed by atoms with Crippen LogP contribution in [0.2, 0.25) is 0 Å². The molecular formula is C12H22O8S2. The molecule has 0 aromatic rings. The first-order valence-corrected chi connectivity index (χ1v) is 10.2. The summed E-state index contributed by atoms with van der Waals surface area (Å²) in [6.07, 6.45) is 0.740. The Balaban J connectivity index is 3.98. The van der Waals surface area contributed by atoms with E-state index in [9.17, 15) is 26.4 Å². The van der Waals surface area contributed by atoms with Gasteiger partial charge in [0.1, 0.15) is 0 Å². The Morgan fingerprint density at radius 3 is 1.32 bits per heavy atom. The van der Waals surface area contributed by atoms with Crippen molar-refractivity contribution in [1.29, 1.82) is 0 Å². The molecule has 0 atom stereocenters. The first-order valence-electron chi connectivity index (χ1n) is 7.02. The summed E-state index contributed by atoms with van der Waals surface area (Å²) < 4.78 is 53.5. The fourth-order valence-electron chi connectivity index (χ4n) is 1.49. The van der Waals surface area contributed by atoms with Crippen LogP contribution in [0.4, 0.5) is 0 Å². The first-order chi connectivity index (χ1) is 10.1. The molecule has 0 fully saturated rings. The molecule has 0 aromatic heterocycles. The monoisotopic (exact) mass is 358 g/mol. The summed E-state index contributed by atoms with van der Waals surface area (Å²) in [5.74, 6) is -2.25. The molecule has 0 spiro atoms. The van der Waals surface area contributed by atoms with Crippen molar-refractivity contribution in [2.24, 2.45) is 0 Å². The number of unbranched alkanes of at least 4 members (excludes halogenated alkanes) is 1. The molecule has 130 valence electrons. The van der Waals surface area contributed by atoms with E-state index in [1.165, 1.54) is 0 Å². The average molecular weight is 358 g/mol. The Labute approximate surface area is 131 Å². The van der Waals surface area contributed by atoms with E-state index in [4.69, 9.17) is 0 Å². The third-order valence-corrected chi connectivity index (χ3v) is 5.06. The van der Waals surface area contributed by atoms with Crippen LogP contribution in [-0.2, 0) is 38.2 Å². The van der Waals surface area contributed by atoms with Crippen LogP contribution in [-0.4, -0.2) is 40.3 Å². The number of hydrogen-bond acceptors (Lipinski definition) is 8. The zero-order chi connectivity index (χ0) is 17.2. The molecule has 0 unspecified atom stereocenters. The Morgan fingerprint density at radius 2 is 1.05 bits per heavy atom. The van der Waals surface area contributed by atoms with Gasteiger partial charge in [0.25, 0.3) is 0 Å². The summed E-state index contributed by atoms with van der Waals surface area (Å²) in [5.41, 5.74) is 0. The van der Waals surface area contributed by atoms with E-state index in [0.717, 1.165) is 0 Å². The van der Waals surface area contributed by atoms with E-state index >= 15 is 0 Å². The van der Waals surface area contributed by atoms with Crippen molar-refractivity contribution >= 4 is 32.2 Å². The fraction of sp³-hybridized carbons (Fsp3) is 0.833. The maximum absolute atomic E-state index is 11.3. The first kappa shape index (κ1) is 20.8. The number of carbonyl (C=O) groups is 2. The van der Waals surface area contributed by atoms with Gasteiger partial charge in [0.2, 0.25) is 0 Å². The van der Waals surface area contributed by atoms with Gasteiger partial charge in [-0.3, -0.25) is 9.59 Å². The van der Waals surface area contributed by atoms with Crippen LogP contribution in [0.25, 0.3) is 0 Å². The third kappa shape index (κ3) is 10.6. The lowest BCUT2D eigenvalue weighted by molar-refractivity contribution is -0.136. The number of carbonyl (C=O) groups excluding carboxylic acids is 2. The lowest BCUT2D eigenvalue weighted by Gasteiger charge is -2.05. The van der Waals surface area contributed by atoms with E-state index in [-0.39, 0.29) is 37.2 Å². The predicted molar refractivity (Wildman–Crippen MR) is 78.8 cm³/mol. The minimum atomic E-state index is -3.84. The molecule has 22 heavy (non-hydrogen) atoms. The zero-order valence-corrected chi connectivity index (χ0v) is 14.4. The van der Waals surface area contributed by atoms with Crippen molar-refractivity contribution in [3.8, 4) is 0 Å². The fourth-order valence-corrected chi connectivity index (χ4v) is 3.39. The summed E-state index contributed by atoms with van der Waals surface area (Å²) in [4.78, 5) is 22.6. The van der Waals surface area contributed by atoms with Crippen molar-refractivity contribution in [1.82, 2.24) is 0 Å². The minimum absolute atomic E-state index is 0.169. The molecule has 0 radical (unpaired) electrons. The second-order valence-electron chi connectivity index (χ2n) is 4.64. The maximum atomic E-state index is 11.3. The van der Waals surface area contributed by atoms with Gasteiger partial charge >= 0.3 is 32.2 Å². The zero-order valence-electron chi connectivity index (χ0n) is 12.7. The lowest BCUT2D eigenvalue weighted by atomic mass is 10.2. The van der Waals surface area contributed by atoms with Crippen LogP contribution < -0.4 is 0 Å². The second kappa shape index (κ2) is 9.78. The Kier molecular flexibility index (Phi) is 9.26. The highest BCUT2D eigenvalue weighted by molar-refractivity contribution is 7.87. The Hall–Kier alpha value is -1.16. The smallest absolute Gasteiger partial charge is 0.322 e. The van der Waals surface area contributed by atoms with Crippen LogP contribution >= 0.6 is 0 Å². The standard InChI is InChI=1S/C12H22O8S2/c1-3-9-21(15,16)19-11(13)7-5-6-8-12(14)20-22(17,18)10-4-2/h3-10H2,1-2H3. The molecule has 0 N–H and O–H groups in total. The molecule has 8 nitrogen and oxygen atoms in total. The van der Waals surface area contributed by atoms with E-state index in [1.54, 1.807) is 13.8 Å². The van der Waals surface area contributed by atoms with Gasteiger partial charge in [-0.1, -0.05) is 13.8 Å². The molecule has 0 aromatic carbocycles. The minimum Gasteiger partial charge on any atom is -0.346 e. The molecule has 0 heterocycles. The molecular weight excluding hydrogens is 336 g/mol. The van der Waals surface area contributed by atoms with E-state index in [2.05, 4.69) is 8.37 Å². The lowest BCUT2D eigenvalue weighted by Crippen LogP contribution is -2.16. The average Bonchev–Trinajstić information content (AvgIpc) is 2.33. The highest BCUT2D eigenvalue weighted by atomic mass is 32.2. The number of hydrogen-bond donors (Lipinski definition) is 0. The van der Waals surface area contributed by atoms with Gasteiger partial charge in [0.05, 0.1) is 11.5 Å². The van der Waals surface area contributed by atoms with Gasteiger partial charge in [0.15, 0.2) is 0 Å².